The van der Waals surface area contributed by atoms with E-state index >= 15 is 0 Å². The number of amides is 1. The van der Waals surface area contributed by atoms with Crippen molar-refractivity contribution < 1.29 is 18.3 Å². The van der Waals surface area contributed by atoms with Gasteiger partial charge in [0.05, 0.1) is 16.8 Å². The van der Waals surface area contributed by atoms with Crippen molar-refractivity contribution in [3.63, 3.8) is 0 Å². The Bertz CT molecular complexity index is 658. The van der Waals surface area contributed by atoms with Gasteiger partial charge < -0.3 is 10.4 Å². The van der Waals surface area contributed by atoms with Crippen LogP contribution in [0.2, 0.25) is 0 Å². The normalized spacial score (nSPS) is 17.4. The Morgan fingerprint density at radius 1 is 1.33 bits per heavy atom. The van der Waals surface area contributed by atoms with Crippen molar-refractivity contribution in [2.45, 2.75) is 36.3 Å². The molecule has 0 aliphatic carbocycles. The average Bonchev–Trinajstić information content (AvgIpc) is 2.60. The van der Waals surface area contributed by atoms with Gasteiger partial charge in [0.1, 0.15) is 0 Å². The molecule has 1 aromatic carbocycles. The fourth-order valence-corrected chi connectivity index (χ4v) is 4.77. The number of rotatable bonds is 7. The first-order valence-electron chi connectivity index (χ1n) is 8.08. The molecule has 1 aliphatic heterocycles. The van der Waals surface area contributed by atoms with Crippen LogP contribution in [0.3, 0.4) is 0 Å². The van der Waals surface area contributed by atoms with E-state index in [4.69, 9.17) is 5.11 Å². The number of carbonyl (C=O) groups is 1. The summed E-state index contributed by atoms with van der Waals surface area (Å²) in [5.41, 5.74) is 0.467. The Kier molecular flexibility index (Phi) is 7.09. The number of aliphatic hydroxyl groups is 1. The third-order valence-electron chi connectivity index (χ3n) is 3.88. The van der Waals surface area contributed by atoms with Crippen LogP contribution in [-0.2, 0) is 14.8 Å². The monoisotopic (exact) mass is 372 g/mol. The summed E-state index contributed by atoms with van der Waals surface area (Å²) in [6.07, 6.45) is 2.83. The van der Waals surface area contributed by atoms with Crippen molar-refractivity contribution in [1.82, 2.24) is 4.31 Å². The van der Waals surface area contributed by atoms with Crippen LogP contribution in [0.25, 0.3) is 0 Å². The predicted octanol–water partition coefficient (Wildman–Crippen LogP) is 1.91. The number of thioether (sulfide) groups is 1. The molecule has 24 heavy (non-hydrogen) atoms. The molecule has 1 aliphatic rings. The Balaban J connectivity index is 2.09. The molecule has 2 rings (SSSR count). The smallest absolute Gasteiger partial charge is 0.243 e. The molecule has 0 radical (unpaired) electrons. The van der Waals surface area contributed by atoms with Gasteiger partial charge in [0.15, 0.2) is 0 Å². The first kappa shape index (κ1) is 19.2. The van der Waals surface area contributed by atoms with Crippen LogP contribution in [0.1, 0.15) is 26.2 Å². The highest BCUT2D eigenvalue weighted by atomic mass is 32.2. The van der Waals surface area contributed by atoms with Gasteiger partial charge in [-0.15, -0.1) is 11.8 Å². The first-order valence-corrected chi connectivity index (χ1v) is 10.6. The molecular weight excluding hydrogens is 348 g/mol. The minimum atomic E-state index is -3.51. The lowest BCUT2D eigenvalue weighted by molar-refractivity contribution is -0.115. The van der Waals surface area contributed by atoms with Gasteiger partial charge >= 0.3 is 0 Å². The number of piperidine rings is 1. The molecule has 1 fully saturated rings. The number of nitrogens with one attached hydrogen (secondary N) is 1. The van der Waals surface area contributed by atoms with Gasteiger partial charge in [0.2, 0.25) is 15.9 Å². The van der Waals surface area contributed by atoms with Crippen LogP contribution < -0.4 is 5.32 Å². The highest BCUT2D eigenvalue weighted by Crippen LogP contribution is 2.23. The zero-order valence-corrected chi connectivity index (χ0v) is 15.4. The molecule has 0 unspecified atom stereocenters. The number of hydrogen-bond acceptors (Lipinski definition) is 5. The van der Waals surface area contributed by atoms with Gasteiger partial charge in [-0.3, -0.25) is 4.79 Å². The highest BCUT2D eigenvalue weighted by molar-refractivity contribution is 8.00. The van der Waals surface area contributed by atoms with E-state index < -0.39 is 10.0 Å². The fourth-order valence-electron chi connectivity index (χ4n) is 2.54. The van der Waals surface area contributed by atoms with Gasteiger partial charge in [-0.1, -0.05) is 12.5 Å². The van der Waals surface area contributed by atoms with E-state index in [1.807, 2.05) is 0 Å². The molecule has 1 atom stereocenters. The molecule has 2 N–H and O–H groups in total. The third kappa shape index (κ3) is 4.95. The minimum absolute atomic E-state index is 0.0197. The second-order valence-electron chi connectivity index (χ2n) is 5.72. The predicted molar refractivity (Wildman–Crippen MR) is 96.7 cm³/mol. The second-order valence-corrected chi connectivity index (χ2v) is 9.11. The lowest BCUT2D eigenvalue weighted by Gasteiger charge is -2.26. The highest BCUT2D eigenvalue weighted by Gasteiger charge is 2.26. The number of nitrogens with zero attached hydrogens (tertiary/aromatic N) is 1. The summed E-state index contributed by atoms with van der Waals surface area (Å²) >= 11 is 1.35. The molecule has 6 nitrogen and oxygen atoms in total. The Morgan fingerprint density at radius 3 is 2.71 bits per heavy atom. The van der Waals surface area contributed by atoms with Gasteiger partial charge in [0, 0.05) is 24.5 Å². The standard InChI is InChI=1S/C16H24N2O4S2/c1-13(23-11-10-19)16(20)17-14-6-5-7-15(12-14)24(21,22)18-8-3-2-4-9-18/h5-7,12-13,19H,2-4,8-11H2,1H3,(H,17,20)/t13-/m0/s1. The van der Waals surface area contributed by atoms with Crippen LogP contribution in [0.15, 0.2) is 29.2 Å². The summed E-state index contributed by atoms with van der Waals surface area (Å²) in [4.78, 5) is 12.3. The van der Waals surface area contributed by atoms with E-state index in [9.17, 15) is 13.2 Å². The van der Waals surface area contributed by atoms with Crippen molar-refractivity contribution in [2.75, 3.05) is 30.8 Å². The zero-order valence-electron chi connectivity index (χ0n) is 13.8. The van der Waals surface area contributed by atoms with Crippen LogP contribution in [0.5, 0.6) is 0 Å². The molecule has 0 spiro atoms. The molecule has 1 amide bonds. The fraction of sp³-hybridized carbons (Fsp3) is 0.562. The maximum Gasteiger partial charge on any atom is 0.243 e. The zero-order chi connectivity index (χ0) is 17.6. The van der Waals surface area contributed by atoms with Crippen LogP contribution >= 0.6 is 11.8 Å². The van der Waals surface area contributed by atoms with E-state index in [0.29, 0.717) is 24.5 Å². The van der Waals surface area contributed by atoms with Crippen molar-refractivity contribution in [3.05, 3.63) is 24.3 Å². The van der Waals surface area contributed by atoms with Crippen molar-refractivity contribution in [3.8, 4) is 0 Å². The summed E-state index contributed by atoms with van der Waals surface area (Å²) < 4.78 is 26.9. The number of benzene rings is 1. The maximum atomic E-state index is 12.7. The Labute approximate surface area is 147 Å². The van der Waals surface area contributed by atoms with Gasteiger partial charge in [-0.2, -0.15) is 4.31 Å². The summed E-state index contributed by atoms with van der Waals surface area (Å²) in [6.45, 7) is 2.87. The first-order chi connectivity index (χ1) is 11.4. The molecule has 8 heteroatoms. The molecule has 1 aromatic rings. The van der Waals surface area contributed by atoms with Gasteiger partial charge in [0.25, 0.3) is 0 Å². The lowest BCUT2D eigenvalue weighted by atomic mass is 10.2. The quantitative estimate of drug-likeness (QED) is 0.763. The lowest BCUT2D eigenvalue weighted by Crippen LogP contribution is -2.35. The van der Waals surface area contributed by atoms with E-state index in [2.05, 4.69) is 5.32 Å². The van der Waals surface area contributed by atoms with E-state index in [1.165, 1.54) is 22.1 Å². The topological polar surface area (TPSA) is 86.7 Å². The van der Waals surface area contributed by atoms with Crippen molar-refractivity contribution in [1.29, 1.82) is 0 Å². The Hall–Kier alpha value is -1.09. The van der Waals surface area contributed by atoms with Crippen LogP contribution in [0.4, 0.5) is 5.69 Å². The average molecular weight is 373 g/mol. The number of hydrogen-bond donors (Lipinski definition) is 2. The number of carbonyl (C=O) groups excluding carboxylic acids is 1. The van der Waals surface area contributed by atoms with Gasteiger partial charge in [-0.25, -0.2) is 8.42 Å². The maximum absolute atomic E-state index is 12.7. The molecule has 134 valence electrons. The molecular formula is C16H24N2O4S2. The van der Waals surface area contributed by atoms with E-state index in [0.717, 1.165) is 19.3 Å². The van der Waals surface area contributed by atoms with E-state index in [1.54, 1.807) is 25.1 Å². The summed E-state index contributed by atoms with van der Waals surface area (Å²) in [7, 11) is -3.51. The summed E-state index contributed by atoms with van der Waals surface area (Å²) in [5.74, 6) is 0.277. The summed E-state index contributed by atoms with van der Waals surface area (Å²) in [5, 5.41) is 11.2. The molecule has 0 aromatic heterocycles. The van der Waals surface area contributed by atoms with Crippen molar-refractivity contribution >= 4 is 33.4 Å². The summed E-state index contributed by atoms with van der Waals surface area (Å²) in [6, 6.07) is 6.38. The minimum Gasteiger partial charge on any atom is -0.396 e. The van der Waals surface area contributed by atoms with E-state index in [-0.39, 0.29) is 22.7 Å². The van der Waals surface area contributed by atoms with Crippen molar-refractivity contribution in [2.24, 2.45) is 0 Å². The SMILES string of the molecule is C[C@H](SCCO)C(=O)Nc1cccc(S(=O)(=O)N2CCCCC2)c1. The molecule has 0 bridgehead atoms. The largest absolute Gasteiger partial charge is 0.396 e. The number of sulfonamides is 1. The third-order valence-corrected chi connectivity index (χ3v) is 6.91. The van der Waals surface area contributed by atoms with Crippen LogP contribution in [0, 0.1) is 0 Å². The molecule has 1 saturated heterocycles. The van der Waals surface area contributed by atoms with Crippen LogP contribution in [-0.4, -0.2) is 54.4 Å². The number of anilines is 1. The molecule has 1 heterocycles. The molecule has 0 saturated carbocycles. The second kappa shape index (κ2) is 8.84. The van der Waals surface area contributed by atoms with Gasteiger partial charge in [-0.05, 0) is 38.0 Å². The number of aliphatic hydroxyl groups excluding tert-OH is 1. The Morgan fingerprint density at radius 2 is 2.04 bits per heavy atom.